The second-order valence-electron chi connectivity index (χ2n) is 7.50. The zero-order valence-electron chi connectivity index (χ0n) is 17.0. The Bertz CT molecular complexity index is 1200. The third-order valence-corrected chi connectivity index (χ3v) is 7.39. The molecule has 10 nitrogen and oxygen atoms in total. The number of sulfone groups is 1. The number of thioether (sulfide) groups is 1. The first-order chi connectivity index (χ1) is 15.2. The number of hydrogen-bond acceptors (Lipinski definition) is 7. The van der Waals surface area contributed by atoms with Crippen molar-refractivity contribution in [2.75, 3.05) is 23.0 Å². The Labute approximate surface area is 188 Å². The monoisotopic (exact) mass is 481 g/mol. The third-order valence-electron chi connectivity index (χ3n) is 5.11. The zero-order valence-corrected chi connectivity index (χ0v) is 18.6. The van der Waals surface area contributed by atoms with Gasteiger partial charge in [0.15, 0.2) is 9.84 Å². The fourth-order valence-electron chi connectivity index (χ4n) is 3.54. The van der Waals surface area contributed by atoms with E-state index in [-0.39, 0.29) is 29.6 Å². The second kappa shape index (κ2) is 8.90. The van der Waals surface area contributed by atoms with Crippen molar-refractivity contribution in [3.05, 3.63) is 47.5 Å². The fourth-order valence-corrected chi connectivity index (χ4v) is 5.14. The minimum Gasteiger partial charge on any atom is -0.442 e. The quantitative estimate of drug-likeness (QED) is 0.431. The summed E-state index contributed by atoms with van der Waals surface area (Å²) >= 11 is 1.24. The van der Waals surface area contributed by atoms with Crippen LogP contribution in [-0.2, 0) is 26.9 Å². The first kappa shape index (κ1) is 22.3. The van der Waals surface area contributed by atoms with Gasteiger partial charge in [0, 0.05) is 11.8 Å². The van der Waals surface area contributed by atoms with Gasteiger partial charge in [-0.25, -0.2) is 22.3 Å². The second-order valence-corrected chi connectivity index (χ2v) is 10.8. The van der Waals surface area contributed by atoms with Gasteiger partial charge in [0.25, 0.3) is 5.17 Å². The molecular formula is C19H22FN6O4S2+. The number of nitrogens with zero attached hydrogens (tertiary/aromatic N) is 4. The van der Waals surface area contributed by atoms with E-state index < -0.39 is 27.9 Å². The molecule has 0 aliphatic carbocycles. The van der Waals surface area contributed by atoms with Gasteiger partial charge in [0.1, 0.15) is 11.9 Å². The maximum Gasteiger partial charge on any atom is 0.414 e. The van der Waals surface area contributed by atoms with Crippen molar-refractivity contribution in [3.63, 3.8) is 0 Å². The average Bonchev–Trinajstić information content (AvgIpc) is 3.33. The maximum absolute atomic E-state index is 14.8. The molecule has 1 saturated heterocycles. The van der Waals surface area contributed by atoms with Gasteiger partial charge in [-0.1, -0.05) is 11.3 Å². The SMILES string of the molecule is NC(=[NH2+])SCc1cn(CC2CN(c3ccc(C4=CCS(=O)(=O)CC4)c(F)c3)C(=O)O2)nn1. The van der Waals surface area contributed by atoms with Crippen LogP contribution in [0.3, 0.4) is 0 Å². The summed E-state index contributed by atoms with van der Waals surface area (Å²) in [6.07, 6.45) is 2.47. The van der Waals surface area contributed by atoms with Crippen LogP contribution in [0.5, 0.6) is 0 Å². The number of rotatable bonds is 6. The number of cyclic esters (lactones) is 1. The van der Waals surface area contributed by atoms with Gasteiger partial charge < -0.3 is 4.74 Å². The normalized spacial score (nSPS) is 20.2. The highest BCUT2D eigenvalue weighted by molar-refractivity contribution is 8.12. The topological polar surface area (TPSA) is 146 Å². The van der Waals surface area contributed by atoms with Gasteiger partial charge in [0.2, 0.25) is 0 Å². The highest BCUT2D eigenvalue weighted by Crippen LogP contribution is 2.30. The molecule has 1 unspecified atom stereocenters. The van der Waals surface area contributed by atoms with Gasteiger partial charge in [-0.05, 0) is 42.0 Å². The molecule has 2 aromatic rings. The number of benzene rings is 1. The predicted molar refractivity (Wildman–Crippen MR) is 118 cm³/mol. The predicted octanol–water partition coefficient (Wildman–Crippen LogP) is -0.0485. The standard InChI is InChI=1S/C19H21FN6O4S2/c20-17-7-14(1-2-16(17)12-3-5-32(28,29)6-4-12)26-10-15(30-19(26)27)9-25-8-13(23-24-25)11-31-18(21)22/h1-3,7-8,15H,4-6,9-11H2,(H3,21,22)/p+1. The number of halogens is 1. The van der Waals surface area contributed by atoms with Crippen LogP contribution in [0.2, 0.25) is 0 Å². The lowest BCUT2D eigenvalue weighted by Crippen LogP contribution is -2.43. The molecule has 2 aliphatic heterocycles. The molecule has 170 valence electrons. The van der Waals surface area contributed by atoms with Gasteiger partial charge in [-0.3, -0.25) is 16.0 Å². The number of amides is 1. The highest BCUT2D eigenvalue weighted by atomic mass is 32.2. The van der Waals surface area contributed by atoms with Crippen molar-refractivity contribution in [1.29, 1.82) is 0 Å². The Hall–Kier alpha value is -2.93. The molecule has 4 rings (SSSR count). The lowest BCUT2D eigenvalue weighted by atomic mass is 10.0. The van der Waals surface area contributed by atoms with Crippen molar-refractivity contribution in [1.82, 2.24) is 15.0 Å². The van der Waals surface area contributed by atoms with Crippen LogP contribution in [0, 0.1) is 5.82 Å². The number of allylic oxidation sites excluding steroid dienone is 1. The summed E-state index contributed by atoms with van der Waals surface area (Å²) in [5.41, 5.74) is 7.47. The Morgan fingerprint density at radius 3 is 2.91 bits per heavy atom. The summed E-state index contributed by atoms with van der Waals surface area (Å²) in [4.78, 5) is 13.7. The third kappa shape index (κ3) is 5.10. The van der Waals surface area contributed by atoms with Crippen LogP contribution in [0.4, 0.5) is 14.9 Å². The molecule has 0 radical (unpaired) electrons. The minimum absolute atomic E-state index is 0.000700. The summed E-state index contributed by atoms with van der Waals surface area (Å²) in [5, 5.41) is 13.7. The molecule has 1 aromatic heterocycles. The van der Waals surface area contributed by atoms with E-state index in [9.17, 15) is 17.6 Å². The Kier molecular flexibility index (Phi) is 6.20. The number of aromatic nitrogens is 3. The molecular weight excluding hydrogens is 459 g/mol. The van der Waals surface area contributed by atoms with Gasteiger partial charge in [-0.2, -0.15) is 0 Å². The van der Waals surface area contributed by atoms with Crippen LogP contribution in [0.1, 0.15) is 17.7 Å². The van der Waals surface area contributed by atoms with Crippen LogP contribution in [-0.4, -0.2) is 58.8 Å². The van der Waals surface area contributed by atoms with E-state index in [1.807, 2.05) is 0 Å². The molecule has 1 aromatic carbocycles. The molecule has 1 fully saturated rings. The van der Waals surface area contributed by atoms with Crippen LogP contribution >= 0.6 is 11.8 Å². The average molecular weight is 482 g/mol. The van der Waals surface area contributed by atoms with Gasteiger partial charge in [-0.15, -0.1) is 5.10 Å². The number of carbonyl (C=O) groups excluding carboxylic acids is 1. The number of hydrogen-bond donors (Lipinski definition) is 2. The number of amidine groups is 1. The lowest BCUT2D eigenvalue weighted by Gasteiger charge is -2.17. The fraction of sp³-hybridized carbons (Fsp3) is 0.368. The number of carbonyl (C=O) groups is 1. The summed E-state index contributed by atoms with van der Waals surface area (Å²) in [6.45, 7) is 0.523. The minimum atomic E-state index is -3.10. The largest absolute Gasteiger partial charge is 0.442 e. The van der Waals surface area contributed by atoms with Gasteiger partial charge >= 0.3 is 6.09 Å². The maximum atomic E-state index is 14.8. The molecule has 3 heterocycles. The Morgan fingerprint density at radius 2 is 2.22 bits per heavy atom. The van der Waals surface area contributed by atoms with Gasteiger partial charge in [0.05, 0.1) is 41.7 Å². The van der Waals surface area contributed by atoms with E-state index in [4.69, 9.17) is 15.9 Å². The first-order valence-electron chi connectivity index (χ1n) is 9.77. The Morgan fingerprint density at radius 1 is 1.41 bits per heavy atom. The molecule has 1 atom stereocenters. The molecule has 13 heteroatoms. The van der Waals surface area contributed by atoms with Crippen molar-refractivity contribution in [2.24, 2.45) is 5.73 Å². The van der Waals surface area contributed by atoms with E-state index in [1.54, 1.807) is 29.1 Å². The van der Waals surface area contributed by atoms with Crippen molar-refractivity contribution < 1.29 is 27.7 Å². The number of ether oxygens (including phenoxy) is 1. The molecule has 32 heavy (non-hydrogen) atoms. The van der Waals surface area contributed by atoms with Crippen molar-refractivity contribution in [3.8, 4) is 0 Å². The van der Waals surface area contributed by atoms with Crippen LogP contribution in [0.15, 0.2) is 30.5 Å². The molecule has 1 amide bonds. The molecule has 2 aliphatic rings. The zero-order chi connectivity index (χ0) is 22.9. The Balaban J connectivity index is 1.41. The van der Waals surface area contributed by atoms with Crippen LogP contribution < -0.4 is 16.0 Å². The lowest BCUT2D eigenvalue weighted by molar-refractivity contribution is -0.110. The summed E-state index contributed by atoms with van der Waals surface area (Å²) in [5.74, 6) is -0.128. The smallest absolute Gasteiger partial charge is 0.414 e. The van der Waals surface area contributed by atoms with E-state index >= 15 is 0 Å². The number of nitrogens with two attached hydrogens (primary N) is 2. The molecule has 4 N–H and O–H groups in total. The summed E-state index contributed by atoms with van der Waals surface area (Å²) in [6, 6.07) is 4.46. The summed E-state index contributed by atoms with van der Waals surface area (Å²) in [7, 11) is -3.10. The van der Waals surface area contributed by atoms with E-state index in [1.165, 1.54) is 22.7 Å². The first-order valence-corrected chi connectivity index (χ1v) is 12.6. The van der Waals surface area contributed by atoms with Crippen LogP contribution in [0.25, 0.3) is 5.57 Å². The summed E-state index contributed by atoms with van der Waals surface area (Å²) < 4.78 is 44.9. The van der Waals surface area contributed by atoms with E-state index in [0.29, 0.717) is 34.8 Å². The van der Waals surface area contributed by atoms with Crippen molar-refractivity contribution >= 4 is 44.1 Å². The molecule has 0 spiro atoms. The number of anilines is 1. The highest BCUT2D eigenvalue weighted by Gasteiger charge is 2.33. The van der Waals surface area contributed by atoms with E-state index in [0.717, 1.165) is 0 Å². The van der Waals surface area contributed by atoms with E-state index in [2.05, 4.69) is 10.3 Å². The molecule has 0 bridgehead atoms. The molecule has 0 saturated carbocycles. The van der Waals surface area contributed by atoms with Crippen molar-refractivity contribution in [2.45, 2.75) is 24.8 Å².